The number of hydrogen-bond acceptors (Lipinski definition) is 4. The number of anilines is 1. The summed E-state index contributed by atoms with van der Waals surface area (Å²) in [6.07, 6.45) is 1.96. The Morgan fingerprint density at radius 1 is 1.53 bits per heavy atom. The number of rotatable bonds is 2. The Bertz CT molecular complexity index is 406. The van der Waals surface area contributed by atoms with Gasteiger partial charge in [0.25, 0.3) is 5.91 Å². The summed E-state index contributed by atoms with van der Waals surface area (Å²) in [4.78, 5) is 14.2. The predicted molar refractivity (Wildman–Crippen MR) is 65.7 cm³/mol. The van der Waals surface area contributed by atoms with Crippen LogP contribution in [0.5, 0.6) is 0 Å². The number of piperidine rings is 1. The van der Waals surface area contributed by atoms with Gasteiger partial charge < -0.3 is 16.0 Å². The Kier molecular flexibility index (Phi) is 3.33. The standard InChI is InChI=1S/C11H19N5O/c1-7-9(12)10(15-14-7)11(17)13-8-3-5-16(2)6-4-8/h8H,3-6,12H2,1-2H3,(H,13,17)(H,14,15). The van der Waals surface area contributed by atoms with Crippen LogP contribution in [-0.4, -0.2) is 47.2 Å². The highest BCUT2D eigenvalue weighted by atomic mass is 16.2. The highest BCUT2D eigenvalue weighted by Crippen LogP contribution is 2.14. The van der Waals surface area contributed by atoms with Gasteiger partial charge in [-0.3, -0.25) is 9.89 Å². The molecule has 0 atom stereocenters. The maximum atomic E-state index is 11.9. The fourth-order valence-corrected chi connectivity index (χ4v) is 2.02. The summed E-state index contributed by atoms with van der Waals surface area (Å²) in [6.45, 7) is 3.83. The molecule has 0 spiro atoms. The number of aromatic amines is 1. The van der Waals surface area contributed by atoms with Crippen LogP contribution in [-0.2, 0) is 0 Å². The minimum Gasteiger partial charge on any atom is -0.395 e. The quantitative estimate of drug-likeness (QED) is 0.682. The summed E-state index contributed by atoms with van der Waals surface area (Å²) in [7, 11) is 2.09. The Hall–Kier alpha value is -1.56. The van der Waals surface area contributed by atoms with Gasteiger partial charge in [-0.1, -0.05) is 0 Å². The Balaban J connectivity index is 1.95. The zero-order valence-corrected chi connectivity index (χ0v) is 10.3. The molecule has 1 aliphatic heterocycles. The van der Waals surface area contributed by atoms with E-state index in [0.29, 0.717) is 11.4 Å². The molecule has 0 unspecified atom stereocenters. The molecular weight excluding hydrogens is 218 g/mol. The second-order valence-corrected chi connectivity index (χ2v) is 4.66. The number of nitrogens with two attached hydrogens (primary N) is 1. The van der Waals surface area contributed by atoms with Crippen LogP contribution >= 0.6 is 0 Å². The molecule has 2 heterocycles. The molecule has 17 heavy (non-hydrogen) atoms. The summed E-state index contributed by atoms with van der Waals surface area (Å²) < 4.78 is 0. The normalized spacial score (nSPS) is 18.2. The third-order valence-electron chi connectivity index (χ3n) is 3.26. The van der Waals surface area contributed by atoms with Gasteiger partial charge in [0.1, 0.15) is 0 Å². The highest BCUT2D eigenvalue weighted by molar-refractivity contribution is 5.97. The number of amides is 1. The number of nitrogen functional groups attached to an aromatic ring is 1. The Morgan fingerprint density at radius 3 is 2.71 bits per heavy atom. The van der Waals surface area contributed by atoms with Crippen molar-refractivity contribution in [2.75, 3.05) is 25.9 Å². The summed E-state index contributed by atoms with van der Waals surface area (Å²) in [5.41, 5.74) is 7.25. The zero-order chi connectivity index (χ0) is 12.4. The molecule has 0 aliphatic carbocycles. The van der Waals surface area contributed by atoms with E-state index in [4.69, 9.17) is 5.73 Å². The minimum absolute atomic E-state index is 0.179. The first kappa shape index (κ1) is 11.9. The first-order valence-electron chi connectivity index (χ1n) is 5.87. The molecule has 0 bridgehead atoms. The van der Waals surface area contributed by atoms with E-state index in [1.165, 1.54) is 0 Å². The molecular formula is C11H19N5O. The van der Waals surface area contributed by atoms with Crippen molar-refractivity contribution >= 4 is 11.6 Å². The van der Waals surface area contributed by atoms with Crippen molar-refractivity contribution in [3.63, 3.8) is 0 Å². The first-order chi connectivity index (χ1) is 8.08. The molecule has 6 heteroatoms. The molecule has 1 amide bonds. The maximum absolute atomic E-state index is 11.9. The smallest absolute Gasteiger partial charge is 0.274 e. The maximum Gasteiger partial charge on any atom is 0.274 e. The van der Waals surface area contributed by atoms with Gasteiger partial charge in [-0.05, 0) is 39.9 Å². The van der Waals surface area contributed by atoms with Crippen LogP contribution in [0.3, 0.4) is 0 Å². The van der Waals surface area contributed by atoms with Gasteiger partial charge in [0.2, 0.25) is 0 Å². The second kappa shape index (κ2) is 4.75. The summed E-state index contributed by atoms with van der Waals surface area (Å²) >= 11 is 0. The van der Waals surface area contributed by atoms with E-state index in [-0.39, 0.29) is 11.9 Å². The van der Waals surface area contributed by atoms with Gasteiger partial charge >= 0.3 is 0 Å². The van der Waals surface area contributed by atoms with Crippen molar-refractivity contribution < 1.29 is 4.79 Å². The lowest BCUT2D eigenvalue weighted by Gasteiger charge is -2.29. The number of aromatic nitrogens is 2. The number of aryl methyl sites for hydroxylation is 1. The van der Waals surface area contributed by atoms with Crippen molar-refractivity contribution in [3.05, 3.63) is 11.4 Å². The number of carbonyl (C=O) groups is 1. The molecule has 2 rings (SSSR count). The average Bonchev–Trinajstić information content (AvgIpc) is 2.63. The van der Waals surface area contributed by atoms with Gasteiger partial charge in [-0.2, -0.15) is 5.10 Å². The molecule has 1 aromatic rings. The van der Waals surface area contributed by atoms with Crippen molar-refractivity contribution in [2.24, 2.45) is 0 Å². The molecule has 1 fully saturated rings. The molecule has 1 saturated heterocycles. The van der Waals surface area contributed by atoms with Crippen LogP contribution in [0, 0.1) is 6.92 Å². The summed E-state index contributed by atoms with van der Waals surface area (Å²) in [5.74, 6) is -0.179. The van der Waals surface area contributed by atoms with Gasteiger partial charge in [0.05, 0.1) is 11.4 Å². The zero-order valence-electron chi connectivity index (χ0n) is 10.3. The van der Waals surface area contributed by atoms with E-state index in [2.05, 4.69) is 27.5 Å². The van der Waals surface area contributed by atoms with Crippen LogP contribution in [0.4, 0.5) is 5.69 Å². The summed E-state index contributed by atoms with van der Waals surface area (Å²) in [5, 5.41) is 9.62. The number of hydrogen-bond donors (Lipinski definition) is 3. The molecule has 1 aromatic heterocycles. The lowest BCUT2D eigenvalue weighted by Crippen LogP contribution is -2.43. The number of H-pyrrole nitrogens is 1. The van der Waals surface area contributed by atoms with E-state index in [1.807, 2.05) is 0 Å². The molecule has 0 radical (unpaired) electrons. The molecule has 6 nitrogen and oxygen atoms in total. The van der Waals surface area contributed by atoms with Crippen molar-refractivity contribution in [1.29, 1.82) is 0 Å². The van der Waals surface area contributed by atoms with Crippen molar-refractivity contribution in [3.8, 4) is 0 Å². The second-order valence-electron chi connectivity index (χ2n) is 4.66. The van der Waals surface area contributed by atoms with Crippen LogP contribution in [0.15, 0.2) is 0 Å². The van der Waals surface area contributed by atoms with Crippen LogP contribution < -0.4 is 11.1 Å². The third-order valence-corrected chi connectivity index (χ3v) is 3.26. The lowest BCUT2D eigenvalue weighted by molar-refractivity contribution is 0.0912. The first-order valence-corrected chi connectivity index (χ1v) is 5.87. The Labute approximate surface area is 101 Å². The third kappa shape index (κ3) is 2.58. The molecule has 94 valence electrons. The largest absolute Gasteiger partial charge is 0.395 e. The summed E-state index contributed by atoms with van der Waals surface area (Å²) in [6, 6.07) is 0.232. The monoisotopic (exact) mass is 237 g/mol. The van der Waals surface area contributed by atoms with E-state index >= 15 is 0 Å². The number of likely N-dealkylation sites (tertiary alicyclic amines) is 1. The topological polar surface area (TPSA) is 87.0 Å². The van der Waals surface area contributed by atoms with Crippen LogP contribution in [0.25, 0.3) is 0 Å². The SMILES string of the molecule is Cc1[nH]nc(C(=O)NC2CCN(C)CC2)c1N. The van der Waals surface area contributed by atoms with E-state index < -0.39 is 0 Å². The number of nitrogens with one attached hydrogen (secondary N) is 2. The predicted octanol–water partition coefficient (Wildman–Crippen LogP) is 0.124. The lowest BCUT2D eigenvalue weighted by atomic mass is 10.1. The van der Waals surface area contributed by atoms with Crippen LogP contribution in [0.2, 0.25) is 0 Å². The highest BCUT2D eigenvalue weighted by Gasteiger charge is 2.21. The fourth-order valence-electron chi connectivity index (χ4n) is 2.02. The number of nitrogens with zero attached hydrogens (tertiary/aromatic N) is 2. The molecule has 4 N–H and O–H groups in total. The van der Waals surface area contributed by atoms with Gasteiger partial charge in [-0.15, -0.1) is 0 Å². The van der Waals surface area contributed by atoms with Gasteiger partial charge in [0.15, 0.2) is 5.69 Å². The van der Waals surface area contributed by atoms with Crippen molar-refractivity contribution in [1.82, 2.24) is 20.4 Å². The Morgan fingerprint density at radius 2 is 2.18 bits per heavy atom. The van der Waals surface area contributed by atoms with Gasteiger partial charge in [0, 0.05) is 6.04 Å². The fraction of sp³-hybridized carbons (Fsp3) is 0.636. The molecule has 0 saturated carbocycles. The van der Waals surface area contributed by atoms with Crippen LogP contribution in [0.1, 0.15) is 29.0 Å². The average molecular weight is 237 g/mol. The van der Waals surface area contributed by atoms with E-state index in [9.17, 15) is 4.79 Å². The van der Waals surface area contributed by atoms with Crippen molar-refractivity contribution in [2.45, 2.75) is 25.8 Å². The minimum atomic E-state index is -0.179. The molecule has 0 aromatic carbocycles. The van der Waals surface area contributed by atoms with E-state index in [0.717, 1.165) is 31.6 Å². The van der Waals surface area contributed by atoms with Gasteiger partial charge in [-0.25, -0.2) is 0 Å². The number of carbonyl (C=O) groups excluding carboxylic acids is 1. The molecule has 1 aliphatic rings. The van der Waals surface area contributed by atoms with E-state index in [1.54, 1.807) is 6.92 Å².